The second-order valence-electron chi connectivity index (χ2n) is 8.66. The molecule has 0 radical (unpaired) electrons. The van der Waals surface area contributed by atoms with Gasteiger partial charge in [0.25, 0.3) is 0 Å². The zero-order valence-corrected chi connectivity index (χ0v) is 19.0. The van der Waals surface area contributed by atoms with Crippen molar-refractivity contribution in [1.82, 2.24) is 0 Å². The van der Waals surface area contributed by atoms with Gasteiger partial charge in [-0.3, -0.25) is 0 Å². The van der Waals surface area contributed by atoms with E-state index >= 15 is 0 Å². The number of fused-ring (bicyclic) bond motifs is 2. The van der Waals surface area contributed by atoms with E-state index in [1.54, 1.807) is 0 Å². The van der Waals surface area contributed by atoms with E-state index < -0.39 is 0 Å². The molecule has 1 aliphatic heterocycles. The normalized spacial score (nSPS) is 16.5. The summed E-state index contributed by atoms with van der Waals surface area (Å²) in [5, 5.41) is 3.59. The molecule has 0 bridgehead atoms. The van der Waals surface area contributed by atoms with Crippen LogP contribution < -0.4 is 9.64 Å². The number of rotatable bonds is 6. The van der Waals surface area contributed by atoms with Gasteiger partial charge in [-0.25, -0.2) is 4.58 Å². The predicted molar refractivity (Wildman–Crippen MR) is 132 cm³/mol. The van der Waals surface area contributed by atoms with E-state index in [4.69, 9.17) is 4.74 Å². The molecular weight excluding hydrogens is 400 g/mol. The Morgan fingerprint density at radius 2 is 1.97 bits per heavy atom. The summed E-state index contributed by atoms with van der Waals surface area (Å²) < 4.78 is 9.89. The fourth-order valence-corrected chi connectivity index (χ4v) is 5.52. The molecule has 1 saturated heterocycles. The maximum atomic E-state index is 6.03. The SMILES string of the molecule is C=C1CCc2ccc(OCCCC=[N+]3CCN(c4cccc5sccc45)CC3)cc2C1. The number of unbranched alkanes of at least 4 members (excludes halogenated alkanes) is 1. The van der Waals surface area contributed by atoms with Gasteiger partial charge in [0.1, 0.15) is 12.0 Å². The van der Waals surface area contributed by atoms with Gasteiger partial charge < -0.3 is 9.64 Å². The molecule has 0 spiro atoms. The van der Waals surface area contributed by atoms with Crippen molar-refractivity contribution in [3.05, 3.63) is 71.1 Å². The third-order valence-electron chi connectivity index (χ3n) is 6.50. The zero-order chi connectivity index (χ0) is 21.0. The average molecular weight is 432 g/mol. The summed E-state index contributed by atoms with van der Waals surface area (Å²) in [4.78, 5) is 2.53. The summed E-state index contributed by atoms with van der Waals surface area (Å²) in [5.74, 6) is 1.00. The molecule has 160 valence electrons. The number of hydrogen-bond donors (Lipinski definition) is 0. The highest BCUT2D eigenvalue weighted by molar-refractivity contribution is 7.17. The molecule has 0 amide bonds. The average Bonchev–Trinajstić information content (AvgIpc) is 3.28. The molecule has 2 aromatic carbocycles. The van der Waals surface area contributed by atoms with E-state index in [9.17, 15) is 0 Å². The highest BCUT2D eigenvalue weighted by Crippen LogP contribution is 2.31. The van der Waals surface area contributed by atoms with Gasteiger partial charge in [0.2, 0.25) is 0 Å². The van der Waals surface area contributed by atoms with Crippen LogP contribution in [0, 0.1) is 0 Å². The molecule has 0 atom stereocenters. The van der Waals surface area contributed by atoms with Gasteiger partial charge in [-0.05, 0) is 72.5 Å². The van der Waals surface area contributed by atoms with Crippen LogP contribution in [0.2, 0.25) is 0 Å². The largest absolute Gasteiger partial charge is 0.494 e. The second kappa shape index (κ2) is 9.27. The van der Waals surface area contributed by atoms with Crippen molar-refractivity contribution >= 4 is 33.3 Å². The number of anilines is 1. The van der Waals surface area contributed by atoms with Gasteiger partial charge in [0, 0.05) is 22.2 Å². The van der Waals surface area contributed by atoms with Gasteiger partial charge in [-0.15, -0.1) is 11.3 Å². The molecule has 31 heavy (non-hydrogen) atoms. The monoisotopic (exact) mass is 431 g/mol. The third kappa shape index (κ3) is 4.69. The van der Waals surface area contributed by atoms with Crippen molar-refractivity contribution in [2.75, 3.05) is 37.7 Å². The van der Waals surface area contributed by atoms with Gasteiger partial charge in [-0.2, -0.15) is 0 Å². The fourth-order valence-electron chi connectivity index (χ4n) is 4.72. The predicted octanol–water partition coefficient (Wildman–Crippen LogP) is 5.71. The summed E-state index contributed by atoms with van der Waals surface area (Å²) in [6.45, 7) is 9.29. The minimum Gasteiger partial charge on any atom is -0.494 e. The van der Waals surface area contributed by atoms with Crippen molar-refractivity contribution in [2.24, 2.45) is 0 Å². The Morgan fingerprint density at radius 3 is 2.87 bits per heavy atom. The van der Waals surface area contributed by atoms with Gasteiger partial charge in [0.15, 0.2) is 13.1 Å². The van der Waals surface area contributed by atoms with Crippen LogP contribution in [0.4, 0.5) is 5.69 Å². The lowest BCUT2D eigenvalue weighted by Gasteiger charge is -2.28. The molecule has 0 saturated carbocycles. The first-order chi connectivity index (χ1) is 15.3. The van der Waals surface area contributed by atoms with Crippen LogP contribution in [0.3, 0.4) is 0 Å². The molecule has 4 heteroatoms. The molecule has 5 rings (SSSR count). The molecule has 3 nitrogen and oxygen atoms in total. The van der Waals surface area contributed by atoms with E-state index in [0.29, 0.717) is 0 Å². The number of benzene rings is 2. The maximum Gasteiger partial charge on any atom is 0.159 e. The number of aryl methyl sites for hydroxylation is 1. The van der Waals surface area contributed by atoms with Crippen LogP contribution in [0.1, 0.15) is 30.4 Å². The summed E-state index contributed by atoms with van der Waals surface area (Å²) >= 11 is 1.83. The van der Waals surface area contributed by atoms with Crippen LogP contribution in [0.5, 0.6) is 5.75 Å². The Hall–Kier alpha value is -2.59. The molecule has 1 aromatic heterocycles. The van der Waals surface area contributed by atoms with Crippen LogP contribution in [-0.2, 0) is 12.8 Å². The fraction of sp³-hybridized carbons (Fsp3) is 0.370. The molecule has 2 aliphatic rings. The van der Waals surface area contributed by atoms with Crippen molar-refractivity contribution in [3.63, 3.8) is 0 Å². The number of ether oxygens (including phenoxy) is 1. The first-order valence-corrected chi connectivity index (χ1v) is 12.3. The van der Waals surface area contributed by atoms with Crippen LogP contribution in [0.25, 0.3) is 10.1 Å². The lowest BCUT2D eigenvalue weighted by molar-refractivity contribution is -0.526. The summed E-state index contributed by atoms with van der Waals surface area (Å²) in [6, 6.07) is 15.5. The van der Waals surface area contributed by atoms with E-state index in [1.807, 2.05) is 11.3 Å². The topological polar surface area (TPSA) is 15.5 Å². The van der Waals surface area contributed by atoms with Crippen molar-refractivity contribution in [3.8, 4) is 5.75 Å². The van der Waals surface area contributed by atoms with E-state index in [-0.39, 0.29) is 0 Å². The Kier molecular flexibility index (Phi) is 6.08. The number of thiophene rings is 1. The van der Waals surface area contributed by atoms with E-state index in [2.05, 4.69) is 70.1 Å². The minimum atomic E-state index is 0.774. The van der Waals surface area contributed by atoms with Gasteiger partial charge in [0.05, 0.1) is 19.7 Å². The second-order valence-corrected chi connectivity index (χ2v) is 9.61. The molecule has 1 aliphatic carbocycles. The molecule has 2 heterocycles. The van der Waals surface area contributed by atoms with Gasteiger partial charge >= 0.3 is 0 Å². The first kappa shape index (κ1) is 20.3. The van der Waals surface area contributed by atoms with Gasteiger partial charge in [-0.1, -0.05) is 24.3 Å². The molecule has 0 unspecified atom stereocenters. The summed E-state index contributed by atoms with van der Waals surface area (Å²) in [7, 11) is 0. The molecule has 0 N–H and O–H groups in total. The zero-order valence-electron chi connectivity index (χ0n) is 18.2. The van der Waals surface area contributed by atoms with Crippen molar-refractivity contribution in [1.29, 1.82) is 0 Å². The van der Waals surface area contributed by atoms with Crippen molar-refractivity contribution in [2.45, 2.75) is 32.1 Å². The maximum absolute atomic E-state index is 6.03. The number of piperazine rings is 1. The number of hydrogen-bond acceptors (Lipinski definition) is 3. The van der Waals surface area contributed by atoms with Crippen molar-refractivity contribution < 1.29 is 9.31 Å². The summed E-state index contributed by atoms with van der Waals surface area (Å²) in [6.07, 6.45) is 7.76. The van der Waals surface area contributed by atoms with Crippen LogP contribution in [0.15, 0.2) is 60.0 Å². The number of allylic oxidation sites excluding steroid dienone is 1. The van der Waals surface area contributed by atoms with E-state index in [0.717, 1.165) is 70.6 Å². The minimum absolute atomic E-state index is 0.774. The quantitative estimate of drug-likeness (QED) is 0.282. The smallest absolute Gasteiger partial charge is 0.159 e. The van der Waals surface area contributed by atoms with Crippen LogP contribution in [-0.4, -0.2) is 43.6 Å². The molecule has 1 fully saturated rings. The first-order valence-electron chi connectivity index (χ1n) is 11.5. The van der Waals surface area contributed by atoms with Crippen LogP contribution >= 0.6 is 11.3 Å². The molecule has 3 aromatic rings. The summed E-state index contributed by atoms with van der Waals surface area (Å²) in [5.41, 5.74) is 5.59. The Balaban J connectivity index is 1.08. The Morgan fingerprint density at radius 1 is 1.06 bits per heavy atom. The number of nitrogens with zero attached hydrogens (tertiary/aromatic N) is 2. The highest BCUT2D eigenvalue weighted by atomic mass is 32.1. The van der Waals surface area contributed by atoms with E-state index in [1.165, 1.54) is 32.5 Å². The lowest BCUT2D eigenvalue weighted by atomic mass is 9.89. The Bertz CT molecular complexity index is 1100. The lowest BCUT2D eigenvalue weighted by Crippen LogP contribution is -2.42. The third-order valence-corrected chi connectivity index (χ3v) is 7.38. The highest BCUT2D eigenvalue weighted by Gasteiger charge is 2.20. The standard InChI is InChI=1S/C27H31N2OS/c1-21-7-8-22-9-10-24(20-23(22)19-21)30-17-3-2-12-28-13-15-29(16-14-28)26-5-4-6-27-25(26)11-18-31-27/h4-6,9-12,18,20H,1-3,7-8,13-17,19H2/q+1. The molecular formula is C27H31N2OS+. The Labute approximate surface area is 189 Å².